The van der Waals surface area contributed by atoms with E-state index < -0.39 is 11.6 Å². The molecule has 3 rings (SSSR count). The number of hydrogen-bond acceptors (Lipinski definition) is 3. The molecule has 0 unspecified atom stereocenters. The number of rotatable bonds is 2. The van der Waals surface area contributed by atoms with Gasteiger partial charge in [-0.15, -0.1) is 0 Å². The average molecular weight is 386 g/mol. The van der Waals surface area contributed by atoms with Crippen molar-refractivity contribution in [3.63, 3.8) is 0 Å². The maximum Gasteiger partial charge on any atom is 0.159 e. The van der Waals surface area contributed by atoms with Crippen LogP contribution in [0.2, 0.25) is 0 Å². The normalized spacial score (nSPS) is 10.4. The molecule has 3 aromatic rings. The van der Waals surface area contributed by atoms with E-state index in [1.165, 1.54) is 6.07 Å². The zero-order chi connectivity index (χ0) is 17.3. The summed E-state index contributed by atoms with van der Waals surface area (Å²) in [7, 11) is 0. The summed E-state index contributed by atoms with van der Waals surface area (Å²) < 4.78 is 27.6. The lowest BCUT2D eigenvalue weighted by Crippen LogP contribution is -2.00. The van der Waals surface area contributed by atoms with E-state index in [9.17, 15) is 14.0 Å². The second-order valence-corrected chi connectivity index (χ2v) is 5.98. The fourth-order valence-corrected chi connectivity index (χ4v) is 2.61. The van der Waals surface area contributed by atoms with E-state index >= 15 is 0 Å². The summed E-state index contributed by atoms with van der Waals surface area (Å²) in [5.74, 6) is -1.90. The van der Waals surface area contributed by atoms with Gasteiger partial charge >= 0.3 is 0 Å². The van der Waals surface area contributed by atoms with E-state index in [0.29, 0.717) is 16.8 Å². The number of aromatic nitrogens is 1. The SMILES string of the molecule is N#Cc1c(-c2ccc(F)c(F)c2)cc(-c2ccc(Br)cc2)nc1N. The van der Waals surface area contributed by atoms with Gasteiger partial charge in [0.15, 0.2) is 11.6 Å². The van der Waals surface area contributed by atoms with Crippen LogP contribution in [0.5, 0.6) is 0 Å². The van der Waals surface area contributed by atoms with Gasteiger partial charge in [0.1, 0.15) is 17.5 Å². The Morgan fingerprint density at radius 1 is 0.958 bits per heavy atom. The minimum atomic E-state index is -0.989. The van der Waals surface area contributed by atoms with Crippen molar-refractivity contribution in [2.75, 3.05) is 5.73 Å². The van der Waals surface area contributed by atoms with Crippen molar-refractivity contribution in [2.24, 2.45) is 0 Å². The maximum absolute atomic E-state index is 13.6. The van der Waals surface area contributed by atoms with Crippen molar-refractivity contribution in [1.29, 1.82) is 5.26 Å². The zero-order valence-corrected chi connectivity index (χ0v) is 13.8. The third kappa shape index (κ3) is 2.99. The molecule has 0 saturated heterocycles. The molecule has 0 aliphatic carbocycles. The Balaban J connectivity index is 2.22. The molecule has 1 aromatic heterocycles. The van der Waals surface area contributed by atoms with Crippen molar-refractivity contribution in [2.45, 2.75) is 0 Å². The van der Waals surface area contributed by atoms with Crippen LogP contribution in [0.15, 0.2) is 53.0 Å². The Bertz CT molecular complexity index is 963. The first-order valence-corrected chi connectivity index (χ1v) is 7.71. The van der Waals surface area contributed by atoms with Gasteiger partial charge in [0.2, 0.25) is 0 Å². The van der Waals surface area contributed by atoms with Crippen molar-refractivity contribution >= 4 is 21.7 Å². The number of pyridine rings is 1. The predicted octanol–water partition coefficient (Wildman–Crippen LogP) is 4.91. The van der Waals surface area contributed by atoms with Crippen molar-refractivity contribution in [3.8, 4) is 28.5 Å². The molecule has 2 N–H and O–H groups in total. The Hall–Kier alpha value is -2.78. The largest absolute Gasteiger partial charge is 0.383 e. The van der Waals surface area contributed by atoms with Crippen molar-refractivity contribution < 1.29 is 8.78 Å². The van der Waals surface area contributed by atoms with Gasteiger partial charge in [0, 0.05) is 15.6 Å². The van der Waals surface area contributed by atoms with Crippen LogP contribution in [0.3, 0.4) is 0 Å². The molecule has 0 aliphatic heterocycles. The molecule has 0 aliphatic rings. The summed E-state index contributed by atoms with van der Waals surface area (Å²) in [6.07, 6.45) is 0. The lowest BCUT2D eigenvalue weighted by atomic mass is 9.98. The third-order valence-corrected chi connectivity index (χ3v) is 4.06. The molecule has 0 spiro atoms. The summed E-state index contributed by atoms with van der Waals surface area (Å²) in [6.45, 7) is 0. The molecule has 0 atom stereocenters. The summed E-state index contributed by atoms with van der Waals surface area (Å²) in [6, 6.07) is 14.5. The molecular weight excluding hydrogens is 376 g/mol. The fraction of sp³-hybridized carbons (Fsp3) is 0. The molecule has 0 saturated carbocycles. The molecule has 0 bridgehead atoms. The minimum absolute atomic E-state index is 0.0395. The Morgan fingerprint density at radius 3 is 2.25 bits per heavy atom. The van der Waals surface area contributed by atoms with Gasteiger partial charge in [0.25, 0.3) is 0 Å². The first kappa shape index (κ1) is 16.1. The lowest BCUT2D eigenvalue weighted by Gasteiger charge is -2.10. The molecule has 0 radical (unpaired) electrons. The molecule has 6 heteroatoms. The van der Waals surface area contributed by atoms with Gasteiger partial charge in [0.05, 0.1) is 5.69 Å². The molecule has 0 fully saturated rings. The highest BCUT2D eigenvalue weighted by molar-refractivity contribution is 9.10. The number of nitrogens with zero attached hydrogens (tertiary/aromatic N) is 2. The maximum atomic E-state index is 13.6. The first-order chi connectivity index (χ1) is 11.5. The van der Waals surface area contributed by atoms with Crippen LogP contribution in [0.4, 0.5) is 14.6 Å². The molecule has 118 valence electrons. The topological polar surface area (TPSA) is 62.7 Å². The van der Waals surface area contributed by atoms with Gasteiger partial charge in [-0.2, -0.15) is 5.26 Å². The Kier molecular flexibility index (Phi) is 4.28. The number of nitriles is 1. The standard InChI is InChI=1S/C18H10BrF2N3/c19-12-4-1-10(2-5-12)17-8-13(14(9-22)18(23)24-17)11-3-6-15(20)16(21)7-11/h1-8H,(H2,23,24). The quantitative estimate of drug-likeness (QED) is 0.681. The monoisotopic (exact) mass is 385 g/mol. The van der Waals surface area contributed by atoms with Crippen LogP contribution >= 0.6 is 15.9 Å². The predicted molar refractivity (Wildman–Crippen MR) is 91.9 cm³/mol. The van der Waals surface area contributed by atoms with Gasteiger partial charge in [-0.25, -0.2) is 13.8 Å². The molecule has 24 heavy (non-hydrogen) atoms. The summed E-state index contributed by atoms with van der Waals surface area (Å²) in [5.41, 5.74) is 8.12. The zero-order valence-electron chi connectivity index (χ0n) is 12.2. The van der Waals surface area contributed by atoms with Gasteiger partial charge in [-0.3, -0.25) is 0 Å². The van der Waals surface area contributed by atoms with E-state index in [-0.39, 0.29) is 11.4 Å². The lowest BCUT2D eigenvalue weighted by molar-refractivity contribution is 0.509. The van der Waals surface area contributed by atoms with Gasteiger partial charge < -0.3 is 5.73 Å². The van der Waals surface area contributed by atoms with Crippen molar-refractivity contribution in [3.05, 3.63) is 70.2 Å². The number of nitrogens with two attached hydrogens (primary N) is 1. The van der Waals surface area contributed by atoms with Crippen LogP contribution in [0, 0.1) is 23.0 Å². The number of nitrogen functional groups attached to an aromatic ring is 1. The van der Waals surface area contributed by atoms with E-state index in [4.69, 9.17) is 5.73 Å². The van der Waals surface area contributed by atoms with E-state index in [1.54, 1.807) is 6.07 Å². The number of benzene rings is 2. The molecule has 3 nitrogen and oxygen atoms in total. The first-order valence-electron chi connectivity index (χ1n) is 6.91. The van der Waals surface area contributed by atoms with Crippen LogP contribution in [-0.4, -0.2) is 4.98 Å². The number of halogens is 3. The van der Waals surface area contributed by atoms with Crippen LogP contribution in [-0.2, 0) is 0 Å². The van der Waals surface area contributed by atoms with Crippen LogP contribution in [0.1, 0.15) is 5.56 Å². The second kappa shape index (κ2) is 6.38. The van der Waals surface area contributed by atoms with E-state index in [2.05, 4.69) is 20.9 Å². The van der Waals surface area contributed by atoms with Crippen molar-refractivity contribution in [1.82, 2.24) is 4.98 Å². The van der Waals surface area contributed by atoms with Gasteiger partial charge in [-0.05, 0) is 35.9 Å². The fourth-order valence-electron chi connectivity index (χ4n) is 2.34. The summed E-state index contributed by atoms with van der Waals surface area (Å²) >= 11 is 3.36. The summed E-state index contributed by atoms with van der Waals surface area (Å²) in [4.78, 5) is 4.24. The smallest absolute Gasteiger partial charge is 0.159 e. The third-order valence-electron chi connectivity index (χ3n) is 3.53. The Morgan fingerprint density at radius 2 is 1.62 bits per heavy atom. The summed E-state index contributed by atoms with van der Waals surface area (Å²) in [5, 5.41) is 9.34. The molecule has 1 heterocycles. The highest BCUT2D eigenvalue weighted by Gasteiger charge is 2.15. The van der Waals surface area contributed by atoms with Crippen LogP contribution in [0.25, 0.3) is 22.4 Å². The average Bonchev–Trinajstić information content (AvgIpc) is 2.57. The van der Waals surface area contributed by atoms with Crippen LogP contribution < -0.4 is 5.73 Å². The molecule has 0 amide bonds. The van der Waals surface area contributed by atoms with Gasteiger partial charge in [-0.1, -0.05) is 34.1 Å². The van der Waals surface area contributed by atoms with E-state index in [1.807, 2.05) is 30.3 Å². The minimum Gasteiger partial charge on any atom is -0.383 e. The highest BCUT2D eigenvalue weighted by atomic mass is 79.9. The molecule has 2 aromatic carbocycles. The van der Waals surface area contributed by atoms with E-state index in [0.717, 1.165) is 22.2 Å². The number of hydrogen-bond donors (Lipinski definition) is 1. The molecular formula is C18H10BrF2N3. The number of anilines is 1. The second-order valence-electron chi connectivity index (χ2n) is 5.06. The highest BCUT2D eigenvalue weighted by Crippen LogP contribution is 2.32. The Labute approximate surface area is 145 Å².